The predicted octanol–water partition coefficient (Wildman–Crippen LogP) is 5.36. The zero-order valence-electron chi connectivity index (χ0n) is 13.6. The fourth-order valence-corrected chi connectivity index (χ4v) is 4.05. The third kappa shape index (κ3) is 3.20. The van der Waals surface area contributed by atoms with Crippen LogP contribution in [0.2, 0.25) is 0 Å². The Morgan fingerprint density at radius 2 is 1.74 bits per heavy atom. The summed E-state index contributed by atoms with van der Waals surface area (Å²) >= 11 is 1.61. The molecular weight excluding hydrogens is 302 g/mol. The zero-order valence-corrected chi connectivity index (χ0v) is 14.4. The van der Waals surface area contributed by atoms with E-state index in [0.29, 0.717) is 0 Å². The molecule has 1 heterocycles. The molecular formula is C20H21NOS. The Bertz CT molecular complexity index is 736. The Labute approximate surface area is 142 Å². The van der Waals surface area contributed by atoms with E-state index < -0.39 is 0 Å². The van der Waals surface area contributed by atoms with Gasteiger partial charge in [-0.05, 0) is 36.1 Å². The van der Waals surface area contributed by atoms with Gasteiger partial charge in [-0.2, -0.15) is 0 Å². The first-order valence-electron chi connectivity index (χ1n) is 8.06. The summed E-state index contributed by atoms with van der Waals surface area (Å²) in [4.78, 5) is 16.7. The number of likely N-dealkylation sites (N-methyl/N-ethyl adjacent to an activating group) is 1. The Morgan fingerprint density at radius 1 is 1.04 bits per heavy atom. The summed E-state index contributed by atoms with van der Waals surface area (Å²) in [5.74, 6) is 0.101. The highest BCUT2D eigenvalue weighted by Crippen LogP contribution is 2.44. The number of carbonyl (C=O) groups is 1. The van der Waals surface area contributed by atoms with Crippen molar-refractivity contribution in [3.8, 4) is 0 Å². The first-order chi connectivity index (χ1) is 11.2. The number of benzene rings is 2. The first-order valence-corrected chi connectivity index (χ1v) is 8.87. The van der Waals surface area contributed by atoms with Gasteiger partial charge < -0.3 is 4.90 Å². The lowest BCUT2D eigenvalue weighted by molar-refractivity contribution is -0.114. The van der Waals surface area contributed by atoms with Gasteiger partial charge in [-0.1, -0.05) is 67.6 Å². The van der Waals surface area contributed by atoms with Gasteiger partial charge in [0.1, 0.15) is 0 Å². The summed E-state index contributed by atoms with van der Waals surface area (Å²) in [5, 5.41) is 0. The number of allylic oxidation sites excluding steroid dienone is 1. The van der Waals surface area contributed by atoms with Crippen LogP contribution in [0.15, 0.2) is 64.4 Å². The summed E-state index contributed by atoms with van der Waals surface area (Å²) in [6.45, 7) is 2.19. The van der Waals surface area contributed by atoms with Crippen molar-refractivity contribution in [1.82, 2.24) is 0 Å². The van der Waals surface area contributed by atoms with E-state index in [0.717, 1.165) is 40.3 Å². The Kier molecular flexibility index (Phi) is 4.87. The Balaban J connectivity index is 2.10. The fraction of sp³-hybridized carbons (Fsp3) is 0.250. The summed E-state index contributed by atoms with van der Waals surface area (Å²) in [6.07, 6.45) is 3.15. The van der Waals surface area contributed by atoms with Gasteiger partial charge in [0.2, 0.25) is 0 Å². The van der Waals surface area contributed by atoms with E-state index in [4.69, 9.17) is 0 Å². The number of fused-ring (bicyclic) bond motifs is 1. The van der Waals surface area contributed by atoms with E-state index in [1.807, 2.05) is 43.4 Å². The van der Waals surface area contributed by atoms with Crippen LogP contribution in [0.3, 0.4) is 0 Å². The second-order valence-corrected chi connectivity index (χ2v) is 6.76. The van der Waals surface area contributed by atoms with Crippen molar-refractivity contribution < 1.29 is 4.79 Å². The fourth-order valence-electron chi connectivity index (χ4n) is 2.81. The minimum atomic E-state index is 0.101. The molecule has 0 saturated heterocycles. The molecule has 0 saturated carbocycles. The largest absolute Gasteiger partial charge is 0.310 e. The van der Waals surface area contributed by atoms with Crippen LogP contribution in [0.25, 0.3) is 5.57 Å². The van der Waals surface area contributed by atoms with Crippen LogP contribution in [0.4, 0.5) is 5.69 Å². The maximum absolute atomic E-state index is 12.9. The monoisotopic (exact) mass is 323 g/mol. The Morgan fingerprint density at radius 3 is 2.48 bits per heavy atom. The van der Waals surface area contributed by atoms with Crippen molar-refractivity contribution >= 4 is 28.9 Å². The molecule has 1 amide bonds. The molecule has 118 valence electrons. The number of amides is 1. The maximum Gasteiger partial charge on any atom is 0.265 e. The maximum atomic E-state index is 12.9. The molecule has 1 aliphatic rings. The molecule has 2 aromatic carbocycles. The van der Waals surface area contributed by atoms with E-state index in [-0.39, 0.29) is 5.91 Å². The highest BCUT2D eigenvalue weighted by Gasteiger charge is 2.28. The average Bonchev–Trinajstić information content (AvgIpc) is 2.60. The molecule has 2 nitrogen and oxygen atoms in total. The standard InChI is InChI=1S/C20H21NOS/c1-3-4-12-16(15-10-6-5-7-11-15)19-20(22)21(2)17-13-8-9-14-18(17)23-19/h5-11,13-14H,3-4,12H2,1-2H3/b19-16-. The van der Waals surface area contributed by atoms with Crippen molar-refractivity contribution in [1.29, 1.82) is 0 Å². The normalized spacial score (nSPS) is 16.3. The molecule has 0 radical (unpaired) electrons. The van der Waals surface area contributed by atoms with Crippen molar-refractivity contribution in [3.05, 3.63) is 65.1 Å². The van der Waals surface area contributed by atoms with Gasteiger partial charge in [0.15, 0.2) is 0 Å². The topological polar surface area (TPSA) is 20.3 Å². The van der Waals surface area contributed by atoms with Gasteiger partial charge in [0, 0.05) is 11.9 Å². The molecule has 3 rings (SSSR count). The van der Waals surface area contributed by atoms with Crippen LogP contribution in [-0.2, 0) is 4.79 Å². The first kappa shape index (κ1) is 15.9. The predicted molar refractivity (Wildman–Crippen MR) is 98.6 cm³/mol. The summed E-state index contributed by atoms with van der Waals surface area (Å²) in [5.41, 5.74) is 3.32. The number of para-hydroxylation sites is 1. The van der Waals surface area contributed by atoms with Crippen LogP contribution >= 0.6 is 11.8 Å². The molecule has 2 aromatic rings. The second-order valence-electron chi connectivity index (χ2n) is 5.71. The lowest BCUT2D eigenvalue weighted by Gasteiger charge is -2.28. The van der Waals surface area contributed by atoms with Gasteiger partial charge in [-0.15, -0.1) is 0 Å². The van der Waals surface area contributed by atoms with E-state index in [1.54, 1.807) is 16.7 Å². The number of hydrogen-bond donors (Lipinski definition) is 0. The average molecular weight is 323 g/mol. The highest BCUT2D eigenvalue weighted by molar-refractivity contribution is 8.04. The van der Waals surface area contributed by atoms with Crippen molar-refractivity contribution in [2.75, 3.05) is 11.9 Å². The molecule has 0 N–H and O–H groups in total. The second kappa shape index (κ2) is 7.05. The van der Waals surface area contributed by atoms with Crippen LogP contribution in [0, 0.1) is 0 Å². The Hall–Kier alpha value is -2.00. The van der Waals surface area contributed by atoms with Crippen molar-refractivity contribution in [2.24, 2.45) is 0 Å². The molecule has 23 heavy (non-hydrogen) atoms. The van der Waals surface area contributed by atoms with Crippen LogP contribution < -0.4 is 4.90 Å². The molecule has 0 aliphatic carbocycles. The molecule has 0 aromatic heterocycles. The molecule has 0 atom stereocenters. The van der Waals surface area contributed by atoms with Gasteiger partial charge in [0.25, 0.3) is 5.91 Å². The lowest BCUT2D eigenvalue weighted by atomic mass is 9.99. The molecule has 1 aliphatic heterocycles. The highest BCUT2D eigenvalue weighted by atomic mass is 32.2. The minimum absolute atomic E-state index is 0.101. The van der Waals surface area contributed by atoms with Crippen LogP contribution in [0.5, 0.6) is 0 Å². The van der Waals surface area contributed by atoms with Gasteiger partial charge in [-0.25, -0.2) is 0 Å². The number of nitrogens with zero attached hydrogens (tertiary/aromatic N) is 1. The summed E-state index contributed by atoms with van der Waals surface area (Å²) in [6, 6.07) is 18.4. The lowest BCUT2D eigenvalue weighted by Crippen LogP contribution is -2.30. The van der Waals surface area contributed by atoms with Crippen LogP contribution in [0.1, 0.15) is 31.7 Å². The number of rotatable bonds is 4. The zero-order chi connectivity index (χ0) is 16.2. The summed E-state index contributed by atoms with van der Waals surface area (Å²) in [7, 11) is 1.86. The van der Waals surface area contributed by atoms with E-state index in [2.05, 4.69) is 25.1 Å². The quantitative estimate of drug-likeness (QED) is 0.706. The van der Waals surface area contributed by atoms with Crippen molar-refractivity contribution in [3.63, 3.8) is 0 Å². The molecule has 0 fully saturated rings. The van der Waals surface area contributed by atoms with E-state index in [9.17, 15) is 4.79 Å². The molecule has 3 heteroatoms. The number of anilines is 1. The SMILES string of the molecule is CCCC/C(=C1/Sc2ccccc2N(C)C1=O)c1ccccc1. The number of thioether (sulfide) groups is 1. The molecule has 0 unspecified atom stereocenters. The minimum Gasteiger partial charge on any atom is -0.310 e. The van der Waals surface area contributed by atoms with Gasteiger partial charge >= 0.3 is 0 Å². The summed E-state index contributed by atoms with van der Waals surface area (Å²) < 4.78 is 0. The smallest absolute Gasteiger partial charge is 0.265 e. The third-order valence-corrected chi connectivity index (χ3v) is 5.30. The number of hydrogen-bond acceptors (Lipinski definition) is 2. The number of carbonyl (C=O) groups excluding carboxylic acids is 1. The molecule has 0 spiro atoms. The molecule has 0 bridgehead atoms. The van der Waals surface area contributed by atoms with E-state index in [1.165, 1.54) is 5.57 Å². The van der Waals surface area contributed by atoms with Gasteiger partial charge in [-0.3, -0.25) is 4.79 Å². The van der Waals surface area contributed by atoms with Gasteiger partial charge in [0.05, 0.1) is 10.6 Å². The third-order valence-electron chi connectivity index (χ3n) is 4.11. The van der Waals surface area contributed by atoms with Crippen LogP contribution in [-0.4, -0.2) is 13.0 Å². The number of unbranched alkanes of at least 4 members (excludes halogenated alkanes) is 1. The van der Waals surface area contributed by atoms with E-state index >= 15 is 0 Å². The van der Waals surface area contributed by atoms with Crippen molar-refractivity contribution in [2.45, 2.75) is 31.1 Å².